The third-order valence-corrected chi connectivity index (χ3v) is 2.18. The van der Waals surface area contributed by atoms with Gasteiger partial charge in [-0.3, -0.25) is 9.69 Å². The van der Waals surface area contributed by atoms with Crippen LogP contribution in [-0.4, -0.2) is 42.5 Å². The first-order chi connectivity index (χ1) is 6.97. The van der Waals surface area contributed by atoms with Crippen molar-refractivity contribution in [1.82, 2.24) is 10.2 Å². The van der Waals surface area contributed by atoms with E-state index in [2.05, 4.69) is 24.1 Å². The molecule has 0 heterocycles. The number of nitrogens with zero attached hydrogens (tertiary/aromatic N) is 1. The summed E-state index contributed by atoms with van der Waals surface area (Å²) in [4.78, 5) is 13.7. The van der Waals surface area contributed by atoms with Crippen molar-refractivity contribution in [3.8, 4) is 0 Å². The fourth-order valence-electron chi connectivity index (χ4n) is 1.37. The average Bonchev–Trinajstić information content (AvgIpc) is 2.10. The molecule has 0 radical (unpaired) electrons. The molecule has 0 bridgehead atoms. The van der Waals surface area contributed by atoms with Crippen LogP contribution in [0, 0.1) is 0 Å². The molecule has 0 saturated heterocycles. The summed E-state index contributed by atoms with van der Waals surface area (Å²) >= 11 is 0. The molecule has 1 amide bonds. The molecule has 0 aromatic rings. The first-order valence-corrected chi connectivity index (χ1v) is 5.70. The molecule has 0 aliphatic carbocycles. The molecule has 0 rings (SSSR count). The predicted molar refractivity (Wildman–Crippen MR) is 63.7 cm³/mol. The number of amides is 1. The summed E-state index contributed by atoms with van der Waals surface area (Å²) in [5.74, 6) is 0.0933. The molecule has 15 heavy (non-hydrogen) atoms. The number of carbonyl (C=O) groups is 1. The normalized spacial score (nSPS) is 11.5. The summed E-state index contributed by atoms with van der Waals surface area (Å²) in [6, 6.07) is 0.593. The third-order valence-electron chi connectivity index (χ3n) is 2.18. The summed E-state index contributed by atoms with van der Waals surface area (Å²) in [6.07, 6.45) is 0.938. The van der Waals surface area contributed by atoms with E-state index in [4.69, 9.17) is 5.73 Å². The van der Waals surface area contributed by atoms with Gasteiger partial charge in [0.15, 0.2) is 0 Å². The SMILES string of the molecule is CC(C)NC(=O)CN(CCCN)C(C)C. The van der Waals surface area contributed by atoms with Crippen molar-refractivity contribution in [2.75, 3.05) is 19.6 Å². The Labute approximate surface area is 93.2 Å². The Balaban J connectivity index is 3.98. The Kier molecular flexibility index (Phi) is 7.34. The first kappa shape index (κ1) is 14.4. The average molecular weight is 215 g/mol. The van der Waals surface area contributed by atoms with E-state index in [1.165, 1.54) is 0 Å². The maximum Gasteiger partial charge on any atom is 0.234 e. The van der Waals surface area contributed by atoms with Gasteiger partial charge < -0.3 is 11.1 Å². The number of nitrogens with one attached hydrogen (secondary N) is 1. The van der Waals surface area contributed by atoms with Crippen molar-refractivity contribution in [1.29, 1.82) is 0 Å². The van der Waals surface area contributed by atoms with E-state index in [1.807, 2.05) is 13.8 Å². The lowest BCUT2D eigenvalue weighted by Gasteiger charge is -2.26. The van der Waals surface area contributed by atoms with E-state index in [0.29, 0.717) is 19.1 Å². The summed E-state index contributed by atoms with van der Waals surface area (Å²) in [7, 11) is 0. The van der Waals surface area contributed by atoms with E-state index in [-0.39, 0.29) is 11.9 Å². The third kappa shape index (κ3) is 7.33. The van der Waals surface area contributed by atoms with Gasteiger partial charge in [-0.25, -0.2) is 0 Å². The van der Waals surface area contributed by atoms with Gasteiger partial charge in [-0.1, -0.05) is 0 Å². The molecular formula is C11H25N3O. The second kappa shape index (κ2) is 7.65. The minimum absolute atomic E-state index is 0.0933. The summed E-state index contributed by atoms with van der Waals surface area (Å²) < 4.78 is 0. The van der Waals surface area contributed by atoms with Crippen LogP contribution in [0.3, 0.4) is 0 Å². The van der Waals surface area contributed by atoms with Crippen molar-refractivity contribution < 1.29 is 4.79 Å². The van der Waals surface area contributed by atoms with Gasteiger partial charge in [-0.05, 0) is 40.7 Å². The zero-order chi connectivity index (χ0) is 11.8. The number of rotatable bonds is 7. The zero-order valence-corrected chi connectivity index (χ0v) is 10.4. The zero-order valence-electron chi connectivity index (χ0n) is 10.4. The van der Waals surface area contributed by atoms with Crippen molar-refractivity contribution in [3.63, 3.8) is 0 Å². The minimum Gasteiger partial charge on any atom is -0.353 e. The molecule has 0 atom stereocenters. The molecule has 0 aromatic carbocycles. The molecule has 0 fully saturated rings. The van der Waals surface area contributed by atoms with Crippen molar-refractivity contribution in [2.45, 2.75) is 46.2 Å². The molecule has 0 aromatic heterocycles. The minimum atomic E-state index is 0.0933. The van der Waals surface area contributed by atoms with Gasteiger partial charge in [-0.2, -0.15) is 0 Å². The second-order valence-electron chi connectivity index (χ2n) is 4.43. The van der Waals surface area contributed by atoms with Crippen LogP contribution in [0.5, 0.6) is 0 Å². The van der Waals surface area contributed by atoms with Crippen LogP contribution < -0.4 is 11.1 Å². The molecular weight excluding hydrogens is 190 g/mol. The summed E-state index contributed by atoms with van der Waals surface area (Å²) in [5, 5.41) is 2.89. The summed E-state index contributed by atoms with van der Waals surface area (Å²) in [5.41, 5.74) is 5.46. The lowest BCUT2D eigenvalue weighted by molar-refractivity contribution is -0.123. The van der Waals surface area contributed by atoms with Crippen LogP contribution in [0.4, 0.5) is 0 Å². The van der Waals surface area contributed by atoms with E-state index in [9.17, 15) is 4.79 Å². The number of carbonyl (C=O) groups excluding carboxylic acids is 1. The fourth-order valence-corrected chi connectivity index (χ4v) is 1.37. The van der Waals surface area contributed by atoms with Crippen LogP contribution in [0.25, 0.3) is 0 Å². The lowest BCUT2D eigenvalue weighted by Crippen LogP contribution is -2.43. The second-order valence-corrected chi connectivity index (χ2v) is 4.43. The Bertz CT molecular complexity index is 181. The highest BCUT2D eigenvalue weighted by molar-refractivity contribution is 5.78. The molecule has 90 valence electrons. The highest BCUT2D eigenvalue weighted by Crippen LogP contribution is 1.99. The van der Waals surface area contributed by atoms with Gasteiger partial charge in [0.1, 0.15) is 0 Å². The van der Waals surface area contributed by atoms with E-state index < -0.39 is 0 Å². The summed E-state index contributed by atoms with van der Waals surface area (Å²) in [6.45, 7) is 10.2. The predicted octanol–water partition coefficient (Wildman–Crippen LogP) is 0.570. The van der Waals surface area contributed by atoms with Gasteiger partial charge in [-0.15, -0.1) is 0 Å². The highest BCUT2D eigenvalue weighted by Gasteiger charge is 2.13. The van der Waals surface area contributed by atoms with Crippen LogP contribution >= 0.6 is 0 Å². The van der Waals surface area contributed by atoms with E-state index in [0.717, 1.165) is 13.0 Å². The smallest absolute Gasteiger partial charge is 0.234 e. The molecule has 3 N–H and O–H groups in total. The molecule has 0 saturated carbocycles. The first-order valence-electron chi connectivity index (χ1n) is 5.70. The van der Waals surface area contributed by atoms with Crippen LogP contribution in [-0.2, 0) is 4.79 Å². The number of nitrogens with two attached hydrogens (primary N) is 1. The standard InChI is InChI=1S/C11H25N3O/c1-9(2)13-11(15)8-14(10(3)4)7-5-6-12/h9-10H,5-8,12H2,1-4H3,(H,13,15). The quantitative estimate of drug-likeness (QED) is 0.653. The molecule has 4 heteroatoms. The Morgan fingerprint density at radius 2 is 1.93 bits per heavy atom. The Morgan fingerprint density at radius 3 is 2.33 bits per heavy atom. The Morgan fingerprint density at radius 1 is 1.33 bits per heavy atom. The van der Waals surface area contributed by atoms with Gasteiger partial charge in [0.2, 0.25) is 5.91 Å². The number of hydrogen-bond donors (Lipinski definition) is 2. The van der Waals surface area contributed by atoms with Crippen LogP contribution in [0.1, 0.15) is 34.1 Å². The molecule has 0 spiro atoms. The van der Waals surface area contributed by atoms with Crippen LogP contribution in [0.2, 0.25) is 0 Å². The van der Waals surface area contributed by atoms with E-state index in [1.54, 1.807) is 0 Å². The van der Waals surface area contributed by atoms with Gasteiger partial charge >= 0.3 is 0 Å². The van der Waals surface area contributed by atoms with Crippen LogP contribution in [0.15, 0.2) is 0 Å². The van der Waals surface area contributed by atoms with E-state index >= 15 is 0 Å². The maximum absolute atomic E-state index is 11.5. The van der Waals surface area contributed by atoms with Crippen molar-refractivity contribution in [3.05, 3.63) is 0 Å². The van der Waals surface area contributed by atoms with Crippen molar-refractivity contribution in [2.24, 2.45) is 5.73 Å². The molecule has 4 nitrogen and oxygen atoms in total. The monoisotopic (exact) mass is 215 g/mol. The van der Waals surface area contributed by atoms with Gasteiger partial charge in [0.25, 0.3) is 0 Å². The van der Waals surface area contributed by atoms with Gasteiger partial charge in [0, 0.05) is 18.6 Å². The Hall–Kier alpha value is -0.610. The fraction of sp³-hybridized carbons (Fsp3) is 0.909. The largest absolute Gasteiger partial charge is 0.353 e. The molecule has 0 unspecified atom stereocenters. The molecule has 0 aliphatic heterocycles. The number of hydrogen-bond acceptors (Lipinski definition) is 3. The van der Waals surface area contributed by atoms with Gasteiger partial charge in [0.05, 0.1) is 6.54 Å². The van der Waals surface area contributed by atoms with Crippen molar-refractivity contribution >= 4 is 5.91 Å². The topological polar surface area (TPSA) is 58.4 Å². The molecule has 0 aliphatic rings. The highest BCUT2D eigenvalue weighted by atomic mass is 16.2. The maximum atomic E-state index is 11.5. The lowest BCUT2D eigenvalue weighted by atomic mass is 10.2.